The molecular weight excluding hydrogens is 455 g/mol. The number of hydrogen-bond donors (Lipinski definition) is 0. The van der Waals surface area contributed by atoms with Crippen molar-refractivity contribution in [1.29, 1.82) is 0 Å². The van der Waals surface area contributed by atoms with E-state index in [-0.39, 0.29) is 36.0 Å². The average Bonchev–Trinajstić information content (AvgIpc) is 3.26. The van der Waals surface area contributed by atoms with Gasteiger partial charge in [-0.25, -0.2) is 4.39 Å². The summed E-state index contributed by atoms with van der Waals surface area (Å²) in [6, 6.07) is 6.77. The van der Waals surface area contributed by atoms with E-state index in [2.05, 4.69) is 0 Å². The molecule has 0 spiro atoms. The van der Waals surface area contributed by atoms with E-state index < -0.39 is 41.5 Å². The van der Waals surface area contributed by atoms with E-state index in [1.165, 1.54) is 19.1 Å². The lowest BCUT2D eigenvalue weighted by molar-refractivity contribution is -0.143. The largest absolute Gasteiger partial charge is 0.416 e. The second-order valence-electron chi connectivity index (χ2n) is 8.39. The maximum absolute atomic E-state index is 13.4. The van der Waals surface area contributed by atoms with E-state index >= 15 is 0 Å². The minimum Gasteiger partial charge on any atom is -0.368 e. The minimum absolute atomic E-state index is 0.0713. The Bertz CT molecular complexity index is 1000. The van der Waals surface area contributed by atoms with Crippen LogP contribution in [0.4, 0.5) is 30.7 Å². The highest BCUT2D eigenvalue weighted by Gasteiger charge is 2.49. The molecule has 0 aromatic heterocycles. The van der Waals surface area contributed by atoms with Crippen LogP contribution < -0.4 is 0 Å². The van der Waals surface area contributed by atoms with Gasteiger partial charge in [0.15, 0.2) is 0 Å². The molecule has 2 aromatic rings. The first-order valence-corrected chi connectivity index (χ1v) is 10.3. The molecule has 4 rings (SSSR count). The number of hydrogen-bond acceptors (Lipinski definition) is 2. The van der Waals surface area contributed by atoms with Crippen molar-refractivity contribution in [3.8, 4) is 0 Å². The molecule has 1 amide bonds. The quantitative estimate of drug-likeness (QED) is 0.501. The van der Waals surface area contributed by atoms with Gasteiger partial charge in [-0.05, 0) is 54.8 Å². The van der Waals surface area contributed by atoms with Gasteiger partial charge in [0.25, 0.3) is 0 Å². The Kier molecular flexibility index (Phi) is 5.92. The van der Waals surface area contributed by atoms with Crippen molar-refractivity contribution in [1.82, 2.24) is 4.90 Å². The van der Waals surface area contributed by atoms with E-state index in [0.717, 1.165) is 0 Å². The van der Waals surface area contributed by atoms with Gasteiger partial charge in [-0.15, -0.1) is 0 Å². The number of nitrogens with zero attached hydrogens (tertiary/aromatic N) is 1. The fourth-order valence-electron chi connectivity index (χ4n) is 4.73. The predicted molar refractivity (Wildman–Crippen MR) is 104 cm³/mol. The smallest absolute Gasteiger partial charge is 0.368 e. The Morgan fingerprint density at radius 3 is 2.09 bits per heavy atom. The van der Waals surface area contributed by atoms with Crippen LogP contribution in [-0.2, 0) is 21.9 Å². The second-order valence-corrected chi connectivity index (χ2v) is 8.39. The average molecular weight is 475 g/mol. The zero-order valence-electron chi connectivity index (χ0n) is 17.4. The highest BCUT2D eigenvalue weighted by molar-refractivity contribution is 5.79. The highest BCUT2D eigenvalue weighted by atomic mass is 19.4. The molecule has 2 aliphatic rings. The Labute approximate surface area is 185 Å². The van der Waals surface area contributed by atoms with Crippen LogP contribution in [-0.4, -0.2) is 29.5 Å². The molecule has 2 fully saturated rings. The first kappa shape index (κ1) is 23.5. The molecule has 33 heavy (non-hydrogen) atoms. The molecule has 0 aliphatic carbocycles. The van der Waals surface area contributed by atoms with Crippen LogP contribution in [0.5, 0.6) is 0 Å². The van der Waals surface area contributed by atoms with Crippen molar-refractivity contribution in [2.45, 2.75) is 56.3 Å². The Hall–Kier alpha value is -2.62. The zero-order valence-corrected chi connectivity index (χ0v) is 17.4. The summed E-state index contributed by atoms with van der Waals surface area (Å²) >= 11 is 0. The van der Waals surface area contributed by atoms with Gasteiger partial charge in [0.2, 0.25) is 5.91 Å². The molecular formula is C23H20F7NO2. The summed E-state index contributed by atoms with van der Waals surface area (Å²) in [4.78, 5) is 13.9. The minimum atomic E-state index is -4.96. The van der Waals surface area contributed by atoms with E-state index in [1.54, 1.807) is 17.0 Å². The molecule has 2 heterocycles. The van der Waals surface area contributed by atoms with Gasteiger partial charge in [0.05, 0.1) is 23.3 Å². The number of halogens is 7. The van der Waals surface area contributed by atoms with E-state index in [4.69, 9.17) is 4.74 Å². The number of carbonyl (C=O) groups is 1. The highest BCUT2D eigenvalue weighted by Crippen LogP contribution is 2.44. The van der Waals surface area contributed by atoms with E-state index in [1.807, 2.05) is 0 Å². The summed E-state index contributed by atoms with van der Waals surface area (Å²) in [6.07, 6.45) is -10.8. The normalized spacial score (nSPS) is 24.3. The summed E-state index contributed by atoms with van der Waals surface area (Å²) in [7, 11) is 0. The number of ether oxygens (including phenoxy) is 1. The monoisotopic (exact) mass is 475 g/mol. The maximum Gasteiger partial charge on any atom is 0.416 e. The van der Waals surface area contributed by atoms with Crippen LogP contribution in [0, 0.1) is 5.82 Å². The number of fused-ring (bicyclic) bond motifs is 1. The molecule has 0 radical (unpaired) electrons. The van der Waals surface area contributed by atoms with Gasteiger partial charge in [-0.1, -0.05) is 12.1 Å². The van der Waals surface area contributed by atoms with E-state index in [0.29, 0.717) is 30.5 Å². The van der Waals surface area contributed by atoms with Crippen LogP contribution in [0.2, 0.25) is 0 Å². The second kappa shape index (κ2) is 8.30. The van der Waals surface area contributed by atoms with Crippen LogP contribution in [0.15, 0.2) is 42.5 Å². The number of amides is 1. The Morgan fingerprint density at radius 1 is 0.970 bits per heavy atom. The SMILES string of the molecule is C[C@@H](O[C@H]1CN2C(=O)CC[C@H]2C1c1ccc(F)cc1)c1cc(C(F)(F)F)cc(C(F)(F)F)c1. The predicted octanol–water partition coefficient (Wildman–Crippen LogP) is 6.10. The lowest BCUT2D eigenvalue weighted by Crippen LogP contribution is -2.29. The summed E-state index contributed by atoms with van der Waals surface area (Å²) in [5.74, 6) is -0.928. The van der Waals surface area contributed by atoms with Gasteiger partial charge in [-0.3, -0.25) is 4.79 Å². The van der Waals surface area contributed by atoms with Crippen LogP contribution >= 0.6 is 0 Å². The Balaban J connectivity index is 1.66. The summed E-state index contributed by atoms with van der Waals surface area (Å²) in [6.45, 7) is 1.53. The van der Waals surface area contributed by atoms with Crippen molar-refractivity contribution in [3.05, 3.63) is 70.5 Å². The van der Waals surface area contributed by atoms with Gasteiger partial charge in [-0.2, -0.15) is 26.3 Å². The van der Waals surface area contributed by atoms with Crippen molar-refractivity contribution in [3.63, 3.8) is 0 Å². The molecule has 0 saturated carbocycles. The van der Waals surface area contributed by atoms with Crippen LogP contribution in [0.25, 0.3) is 0 Å². The summed E-state index contributed by atoms with van der Waals surface area (Å²) in [5.41, 5.74) is -2.41. The molecule has 178 valence electrons. The molecule has 3 nitrogen and oxygen atoms in total. The standard InChI is InChI=1S/C23H20F7NO2/c1-12(14-8-15(22(25,26)27)10-16(9-14)23(28,29)30)33-19-11-31-18(6-7-20(31)32)21(19)13-2-4-17(24)5-3-13/h2-5,8-10,12,18-19,21H,6-7,11H2,1H3/t12-,18+,19+,21?/m1/s1. The fraction of sp³-hybridized carbons (Fsp3) is 0.435. The molecule has 2 saturated heterocycles. The molecule has 1 unspecified atom stereocenters. The van der Waals surface area contributed by atoms with Crippen LogP contribution in [0.3, 0.4) is 0 Å². The molecule has 0 N–H and O–H groups in total. The van der Waals surface area contributed by atoms with Crippen molar-refractivity contribution in [2.75, 3.05) is 6.54 Å². The Morgan fingerprint density at radius 2 is 1.55 bits per heavy atom. The van der Waals surface area contributed by atoms with Gasteiger partial charge in [0, 0.05) is 24.9 Å². The first-order chi connectivity index (χ1) is 15.3. The summed E-state index contributed by atoms with van der Waals surface area (Å²) in [5, 5.41) is 0. The number of alkyl halides is 6. The molecule has 2 aliphatic heterocycles. The summed E-state index contributed by atoms with van der Waals surface area (Å²) < 4.78 is 98.8. The third-order valence-corrected chi connectivity index (χ3v) is 6.28. The van der Waals surface area contributed by atoms with Gasteiger partial charge < -0.3 is 9.64 Å². The molecule has 0 bridgehead atoms. The number of benzene rings is 2. The third-order valence-electron chi connectivity index (χ3n) is 6.28. The molecule has 4 atom stereocenters. The van der Waals surface area contributed by atoms with Crippen molar-refractivity contribution < 1.29 is 40.3 Å². The fourth-order valence-corrected chi connectivity index (χ4v) is 4.73. The van der Waals surface area contributed by atoms with Crippen LogP contribution in [0.1, 0.15) is 54.0 Å². The number of carbonyl (C=O) groups excluding carboxylic acids is 1. The van der Waals surface area contributed by atoms with Gasteiger partial charge >= 0.3 is 12.4 Å². The van der Waals surface area contributed by atoms with Gasteiger partial charge in [0.1, 0.15) is 5.82 Å². The zero-order chi connectivity index (χ0) is 24.1. The molecule has 2 aromatic carbocycles. The third kappa shape index (κ3) is 4.71. The lowest BCUT2D eigenvalue weighted by Gasteiger charge is -2.27. The lowest BCUT2D eigenvalue weighted by atomic mass is 9.88. The first-order valence-electron chi connectivity index (χ1n) is 10.3. The number of rotatable bonds is 4. The topological polar surface area (TPSA) is 29.5 Å². The molecule has 10 heteroatoms. The maximum atomic E-state index is 13.4. The van der Waals surface area contributed by atoms with Crippen molar-refractivity contribution >= 4 is 5.91 Å². The van der Waals surface area contributed by atoms with Crippen molar-refractivity contribution in [2.24, 2.45) is 0 Å². The van der Waals surface area contributed by atoms with E-state index in [9.17, 15) is 35.5 Å².